The van der Waals surface area contributed by atoms with E-state index in [4.69, 9.17) is 4.74 Å². The predicted octanol–water partition coefficient (Wildman–Crippen LogP) is 2.89. The van der Waals surface area contributed by atoms with Crippen molar-refractivity contribution < 1.29 is 9.13 Å². The molecular formula is C13H18FNO. The first-order valence-corrected chi connectivity index (χ1v) is 5.42. The van der Waals surface area contributed by atoms with Crippen LogP contribution in [0, 0.1) is 5.82 Å². The van der Waals surface area contributed by atoms with E-state index in [0.717, 1.165) is 13.0 Å². The molecule has 1 rings (SSSR count). The monoisotopic (exact) mass is 223 g/mol. The third-order valence-corrected chi connectivity index (χ3v) is 2.30. The first-order valence-electron chi connectivity index (χ1n) is 5.42. The zero-order chi connectivity index (χ0) is 11.8. The zero-order valence-electron chi connectivity index (χ0n) is 9.79. The van der Waals surface area contributed by atoms with Crippen molar-refractivity contribution in [2.75, 3.05) is 13.7 Å². The molecule has 0 bridgehead atoms. The molecule has 0 saturated heterocycles. The Bertz CT molecular complexity index is 350. The molecule has 0 heterocycles. The smallest absolute Gasteiger partial charge is 0.131 e. The highest BCUT2D eigenvalue weighted by Gasteiger charge is 2.02. The number of halogens is 1. The lowest BCUT2D eigenvalue weighted by atomic mass is 10.2. The van der Waals surface area contributed by atoms with E-state index in [1.165, 1.54) is 13.2 Å². The van der Waals surface area contributed by atoms with Crippen LogP contribution in [0.1, 0.15) is 18.9 Å². The van der Waals surface area contributed by atoms with Crippen LogP contribution in [0.5, 0.6) is 5.75 Å². The Morgan fingerprint density at radius 1 is 1.44 bits per heavy atom. The third-order valence-electron chi connectivity index (χ3n) is 2.30. The van der Waals surface area contributed by atoms with Gasteiger partial charge in [-0.2, -0.15) is 0 Å². The van der Waals surface area contributed by atoms with Crippen LogP contribution in [0.25, 0.3) is 0 Å². The van der Waals surface area contributed by atoms with E-state index in [-0.39, 0.29) is 5.82 Å². The molecule has 1 aromatic rings. The molecule has 2 nitrogen and oxygen atoms in total. The quantitative estimate of drug-likeness (QED) is 0.591. The van der Waals surface area contributed by atoms with Crippen LogP contribution < -0.4 is 10.1 Å². The van der Waals surface area contributed by atoms with Crippen LogP contribution in [-0.2, 0) is 6.54 Å². The summed E-state index contributed by atoms with van der Waals surface area (Å²) in [6.45, 7) is 3.40. The molecule has 0 fully saturated rings. The van der Waals surface area contributed by atoms with Crippen molar-refractivity contribution in [2.24, 2.45) is 0 Å². The lowest BCUT2D eigenvalue weighted by Crippen LogP contribution is -2.15. The second-order valence-electron chi connectivity index (χ2n) is 3.49. The second-order valence-corrected chi connectivity index (χ2v) is 3.49. The van der Waals surface area contributed by atoms with Gasteiger partial charge in [-0.15, -0.1) is 0 Å². The Kier molecular flexibility index (Phi) is 5.57. The van der Waals surface area contributed by atoms with Crippen molar-refractivity contribution in [3.05, 3.63) is 41.7 Å². The summed E-state index contributed by atoms with van der Waals surface area (Å²) in [5, 5.41) is 3.18. The van der Waals surface area contributed by atoms with Gasteiger partial charge in [-0.1, -0.05) is 18.2 Å². The minimum Gasteiger partial charge on any atom is -0.497 e. The highest BCUT2D eigenvalue weighted by molar-refractivity contribution is 5.28. The normalized spacial score (nSPS) is 10.9. The molecule has 0 aliphatic carbocycles. The van der Waals surface area contributed by atoms with E-state index >= 15 is 0 Å². The summed E-state index contributed by atoms with van der Waals surface area (Å²) in [5.41, 5.74) is 0.668. The maximum atomic E-state index is 13.5. The average Bonchev–Trinajstić information content (AvgIpc) is 2.30. The van der Waals surface area contributed by atoms with Gasteiger partial charge in [-0.3, -0.25) is 0 Å². The first kappa shape index (κ1) is 12.7. The minimum absolute atomic E-state index is 0.224. The lowest BCUT2D eigenvalue weighted by Gasteiger charge is -2.06. The minimum atomic E-state index is -0.224. The van der Waals surface area contributed by atoms with Gasteiger partial charge in [-0.05, 0) is 26.0 Å². The predicted molar refractivity (Wildman–Crippen MR) is 64.1 cm³/mol. The van der Waals surface area contributed by atoms with E-state index in [9.17, 15) is 4.39 Å². The van der Waals surface area contributed by atoms with Crippen LogP contribution in [0.3, 0.4) is 0 Å². The summed E-state index contributed by atoms with van der Waals surface area (Å²) in [4.78, 5) is 0. The van der Waals surface area contributed by atoms with Crippen molar-refractivity contribution in [3.63, 3.8) is 0 Å². The van der Waals surface area contributed by atoms with E-state index in [0.29, 0.717) is 17.9 Å². The SMILES string of the molecule is C/C=C/CCNCc1ccc(OC)cc1F. The number of ether oxygens (including phenoxy) is 1. The van der Waals surface area contributed by atoms with Crippen LogP contribution in [0.15, 0.2) is 30.4 Å². The zero-order valence-corrected chi connectivity index (χ0v) is 9.79. The van der Waals surface area contributed by atoms with Crippen molar-refractivity contribution >= 4 is 0 Å². The van der Waals surface area contributed by atoms with Gasteiger partial charge in [0.1, 0.15) is 11.6 Å². The molecule has 88 valence electrons. The van der Waals surface area contributed by atoms with Crippen molar-refractivity contribution in [1.29, 1.82) is 0 Å². The largest absolute Gasteiger partial charge is 0.497 e. The number of methoxy groups -OCH3 is 1. The molecular weight excluding hydrogens is 205 g/mol. The highest BCUT2D eigenvalue weighted by Crippen LogP contribution is 2.15. The molecule has 0 amide bonds. The molecule has 1 N–H and O–H groups in total. The van der Waals surface area contributed by atoms with Crippen molar-refractivity contribution in [2.45, 2.75) is 19.9 Å². The topological polar surface area (TPSA) is 21.3 Å². The summed E-state index contributed by atoms with van der Waals surface area (Å²) in [7, 11) is 1.53. The van der Waals surface area contributed by atoms with Gasteiger partial charge >= 0.3 is 0 Å². The maximum Gasteiger partial charge on any atom is 0.131 e. The molecule has 0 aromatic heterocycles. The fourth-order valence-corrected chi connectivity index (χ4v) is 1.37. The van der Waals surface area contributed by atoms with Crippen LogP contribution >= 0.6 is 0 Å². The van der Waals surface area contributed by atoms with Gasteiger partial charge < -0.3 is 10.1 Å². The van der Waals surface area contributed by atoms with Crippen LogP contribution in [-0.4, -0.2) is 13.7 Å². The molecule has 0 aliphatic rings. The summed E-state index contributed by atoms with van der Waals surface area (Å²) >= 11 is 0. The molecule has 16 heavy (non-hydrogen) atoms. The Hall–Kier alpha value is -1.35. The van der Waals surface area contributed by atoms with Gasteiger partial charge in [0.25, 0.3) is 0 Å². The molecule has 3 heteroatoms. The van der Waals surface area contributed by atoms with Crippen LogP contribution in [0.2, 0.25) is 0 Å². The number of hydrogen-bond donors (Lipinski definition) is 1. The molecule has 0 unspecified atom stereocenters. The van der Waals surface area contributed by atoms with E-state index in [1.54, 1.807) is 12.1 Å². The fraction of sp³-hybridized carbons (Fsp3) is 0.385. The van der Waals surface area contributed by atoms with E-state index in [1.807, 2.05) is 13.0 Å². The summed E-state index contributed by atoms with van der Waals surface area (Å²) in [6.07, 6.45) is 5.06. The molecule has 0 radical (unpaired) electrons. The summed E-state index contributed by atoms with van der Waals surface area (Å²) in [6, 6.07) is 4.92. The second kappa shape index (κ2) is 7.01. The Morgan fingerprint density at radius 3 is 2.88 bits per heavy atom. The maximum absolute atomic E-state index is 13.5. The molecule has 0 aliphatic heterocycles. The third kappa shape index (κ3) is 4.03. The highest BCUT2D eigenvalue weighted by atomic mass is 19.1. The number of allylic oxidation sites excluding steroid dienone is 1. The Morgan fingerprint density at radius 2 is 2.25 bits per heavy atom. The summed E-state index contributed by atoms with van der Waals surface area (Å²) < 4.78 is 18.4. The molecule has 0 atom stereocenters. The Balaban J connectivity index is 2.42. The lowest BCUT2D eigenvalue weighted by molar-refractivity contribution is 0.410. The van der Waals surface area contributed by atoms with Crippen molar-refractivity contribution in [1.82, 2.24) is 5.32 Å². The standard InChI is InChI=1S/C13H18FNO/c1-3-4-5-8-15-10-11-6-7-12(16-2)9-13(11)14/h3-4,6-7,9,15H,5,8,10H2,1-2H3/b4-3+. The Labute approximate surface area is 96.1 Å². The first-order chi connectivity index (χ1) is 7.77. The van der Waals surface area contributed by atoms with Crippen molar-refractivity contribution in [3.8, 4) is 5.75 Å². The van der Waals surface area contributed by atoms with Gasteiger partial charge in [0.2, 0.25) is 0 Å². The summed E-state index contributed by atoms with van der Waals surface area (Å²) in [5.74, 6) is 0.327. The van der Waals surface area contributed by atoms with Crippen LogP contribution in [0.4, 0.5) is 4.39 Å². The molecule has 0 saturated carbocycles. The van der Waals surface area contributed by atoms with Gasteiger partial charge in [-0.25, -0.2) is 4.39 Å². The van der Waals surface area contributed by atoms with Gasteiger partial charge in [0.15, 0.2) is 0 Å². The number of hydrogen-bond acceptors (Lipinski definition) is 2. The molecule has 0 spiro atoms. The average molecular weight is 223 g/mol. The number of rotatable bonds is 6. The number of benzene rings is 1. The molecule has 1 aromatic carbocycles. The van der Waals surface area contributed by atoms with Gasteiger partial charge in [0.05, 0.1) is 7.11 Å². The number of nitrogens with one attached hydrogen (secondary N) is 1. The van der Waals surface area contributed by atoms with E-state index < -0.39 is 0 Å². The fourth-order valence-electron chi connectivity index (χ4n) is 1.37. The van der Waals surface area contributed by atoms with E-state index in [2.05, 4.69) is 11.4 Å². The van der Waals surface area contributed by atoms with Gasteiger partial charge in [0, 0.05) is 18.2 Å².